The van der Waals surface area contributed by atoms with Crippen LogP contribution in [0.4, 0.5) is 0 Å². The molecule has 1 saturated heterocycles. The van der Waals surface area contributed by atoms with Crippen LogP contribution in [0.3, 0.4) is 0 Å². The molecule has 0 aromatic carbocycles. The van der Waals surface area contributed by atoms with E-state index in [4.69, 9.17) is 0 Å². The van der Waals surface area contributed by atoms with Crippen LogP contribution in [0, 0.1) is 0 Å². The third-order valence-electron chi connectivity index (χ3n) is 3.94. The summed E-state index contributed by atoms with van der Waals surface area (Å²) >= 11 is 0. The minimum absolute atomic E-state index is 0.505. The molecule has 1 aromatic rings. The first kappa shape index (κ1) is 12.4. The summed E-state index contributed by atoms with van der Waals surface area (Å²) in [6, 6.07) is 2.02. The van der Waals surface area contributed by atoms with Gasteiger partial charge in [-0.05, 0) is 32.0 Å². The summed E-state index contributed by atoms with van der Waals surface area (Å²) < 4.78 is 0. The number of H-pyrrole nitrogens is 1. The molecule has 2 N–H and O–H groups in total. The summed E-state index contributed by atoms with van der Waals surface area (Å²) in [6.07, 6.45) is 9.16. The van der Waals surface area contributed by atoms with E-state index >= 15 is 0 Å². The normalized spacial score (nSPS) is 16.4. The molecular formula is C15H16N6. The summed E-state index contributed by atoms with van der Waals surface area (Å²) in [7, 11) is 0. The van der Waals surface area contributed by atoms with Crippen LogP contribution in [0.2, 0.25) is 0 Å². The average molecular weight is 280 g/mol. The summed E-state index contributed by atoms with van der Waals surface area (Å²) in [5, 5.41) is 3.38. The number of hydrogen-bond donors (Lipinski definition) is 2. The number of nitrogens with one attached hydrogen (secondary N) is 2. The zero-order chi connectivity index (χ0) is 14.1. The molecule has 1 fully saturated rings. The SMILES string of the molecule is c1cnc(-c2cc3[nH]c(C4CCNCC4)ncc-3n2)cn1. The van der Waals surface area contributed by atoms with Gasteiger partial charge in [-0.1, -0.05) is 0 Å². The van der Waals surface area contributed by atoms with Crippen molar-refractivity contribution in [2.75, 3.05) is 13.1 Å². The first-order valence-electron chi connectivity index (χ1n) is 7.23. The van der Waals surface area contributed by atoms with Crippen LogP contribution < -0.4 is 5.32 Å². The number of aromatic nitrogens is 5. The van der Waals surface area contributed by atoms with Gasteiger partial charge in [0.1, 0.15) is 17.2 Å². The third-order valence-corrected chi connectivity index (χ3v) is 3.94. The summed E-state index contributed by atoms with van der Waals surface area (Å²) in [5.41, 5.74) is 3.50. The van der Waals surface area contributed by atoms with Crippen LogP contribution >= 0.6 is 0 Å². The molecule has 0 radical (unpaired) electrons. The van der Waals surface area contributed by atoms with E-state index in [2.05, 4.69) is 30.2 Å². The average Bonchev–Trinajstić information content (AvgIpc) is 2.99. The Kier molecular flexibility index (Phi) is 3.08. The molecule has 6 nitrogen and oxygen atoms in total. The summed E-state index contributed by atoms with van der Waals surface area (Å²) in [5.74, 6) is 1.56. The maximum absolute atomic E-state index is 4.56. The Labute approximate surface area is 122 Å². The number of hydrogen-bond acceptors (Lipinski definition) is 5. The molecule has 0 unspecified atom stereocenters. The number of aromatic amines is 1. The molecule has 0 amide bonds. The van der Waals surface area contributed by atoms with Gasteiger partial charge in [-0.2, -0.15) is 0 Å². The minimum Gasteiger partial charge on any atom is -0.342 e. The molecule has 0 aliphatic carbocycles. The highest BCUT2D eigenvalue weighted by molar-refractivity contribution is 5.68. The molecule has 4 rings (SSSR count). The molecule has 0 atom stereocenters. The molecule has 106 valence electrons. The lowest BCUT2D eigenvalue weighted by atomic mass is 9.97. The molecule has 3 aliphatic heterocycles. The van der Waals surface area contributed by atoms with E-state index in [0.29, 0.717) is 5.92 Å². The topological polar surface area (TPSA) is 79.4 Å². The number of piperidine rings is 1. The van der Waals surface area contributed by atoms with E-state index in [-0.39, 0.29) is 0 Å². The molecule has 4 heterocycles. The van der Waals surface area contributed by atoms with Crippen molar-refractivity contribution in [3.63, 3.8) is 0 Å². The Morgan fingerprint density at radius 2 is 1.86 bits per heavy atom. The molecule has 0 spiro atoms. The fourth-order valence-electron chi connectivity index (χ4n) is 2.80. The van der Waals surface area contributed by atoms with E-state index in [9.17, 15) is 0 Å². The lowest BCUT2D eigenvalue weighted by Crippen LogP contribution is -2.27. The molecular weight excluding hydrogens is 264 g/mol. The van der Waals surface area contributed by atoms with Gasteiger partial charge in [-0.15, -0.1) is 0 Å². The zero-order valence-corrected chi connectivity index (χ0v) is 11.6. The molecule has 1 aromatic heterocycles. The Hall–Kier alpha value is -2.34. The van der Waals surface area contributed by atoms with Crippen molar-refractivity contribution in [3.8, 4) is 22.8 Å². The summed E-state index contributed by atoms with van der Waals surface area (Å²) in [6.45, 7) is 2.12. The van der Waals surface area contributed by atoms with Gasteiger partial charge in [0.2, 0.25) is 0 Å². The van der Waals surface area contributed by atoms with E-state index in [1.165, 1.54) is 0 Å². The lowest BCUT2D eigenvalue weighted by Gasteiger charge is -2.22. The Balaban J connectivity index is 1.70. The highest BCUT2D eigenvalue weighted by Crippen LogP contribution is 2.28. The second kappa shape index (κ2) is 5.21. The second-order valence-electron chi connectivity index (χ2n) is 5.32. The van der Waals surface area contributed by atoms with Crippen molar-refractivity contribution >= 4 is 0 Å². The first-order chi connectivity index (χ1) is 10.4. The summed E-state index contributed by atoms with van der Waals surface area (Å²) in [4.78, 5) is 20.9. The van der Waals surface area contributed by atoms with Gasteiger partial charge in [0.15, 0.2) is 0 Å². The maximum atomic E-state index is 4.56. The molecule has 6 heteroatoms. The predicted octanol–water partition coefficient (Wildman–Crippen LogP) is 1.83. The standard InChI is InChI=1S/C15H16N6/c1-3-16-4-2-10(1)15-19-9-14-12(21-15)7-11(20-14)13-8-17-5-6-18-13/h5-10,16H,1-4H2,(H,19,21). The van der Waals surface area contributed by atoms with Gasteiger partial charge in [0.05, 0.1) is 23.8 Å². The number of fused-ring (bicyclic) bond motifs is 1. The van der Waals surface area contributed by atoms with Crippen molar-refractivity contribution in [1.29, 1.82) is 0 Å². The maximum Gasteiger partial charge on any atom is 0.109 e. The van der Waals surface area contributed by atoms with Crippen LogP contribution in [0.25, 0.3) is 22.8 Å². The van der Waals surface area contributed by atoms with Crippen molar-refractivity contribution in [2.45, 2.75) is 18.8 Å². The van der Waals surface area contributed by atoms with E-state index in [0.717, 1.165) is 54.5 Å². The van der Waals surface area contributed by atoms with Gasteiger partial charge in [-0.3, -0.25) is 9.97 Å². The quantitative estimate of drug-likeness (QED) is 0.748. The van der Waals surface area contributed by atoms with Gasteiger partial charge in [0.25, 0.3) is 0 Å². The monoisotopic (exact) mass is 280 g/mol. The van der Waals surface area contributed by atoms with Gasteiger partial charge >= 0.3 is 0 Å². The van der Waals surface area contributed by atoms with Crippen molar-refractivity contribution in [1.82, 2.24) is 30.2 Å². The largest absolute Gasteiger partial charge is 0.342 e. The van der Waals surface area contributed by atoms with Crippen molar-refractivity contribution in [2.24, 2.45) is 0 Å². The molecule has 3 aliphatic rings. The fourth-order valence-corrected chi connectivity index (χ4v) is 2.80. The third kappa shape index (κ3) is 2.38. The minimum atomic E-state index is 0.505. The van der Waals surface area contributed by atoms with E-state index < -0.39 is 0 Å². The van der Waals surface area contributed by atoms with E-state index in [1.54, 1.807) is 18.6 Å². The highest BCUT2D eigenvalue weighted by Gasteiger charge is 2.19. The number of rotatable bonds is 2. The zero-order valence-electron chi connectivity index (χ0n) is 11.6. The fraction of sp³-hybridized carbons (Fsp3) is 0.333. The van der Waals surface area contributed by atoms with Crippen molar-refractivity contribution < 1.29 is 0 Å². The van der Waals surface area contributed by atoms with E-state index in [1.807, 2.05) is 12.3 Å². The van der Waals surface area contributed by atoms with Crippen LogP contribution in [0.5, 0.6) is 0 Å². The van der Waals surface area contributed by atoms with Gasteiger partial charge in [-0.25, -0.2) is 9.97 Å². The Morgan fingerprint density at radius 3 is 2.67 bits per heavy atom. The molecule has 0 saturated carbocycles. The Morgan fingerprint density at radius 1 is 0.952 bits per heavy atom. The van der Waals surface area contributed by atoms with Crippen LogP contribution in [0.15, 0.2) is 30.9 Å². The van der Waals surface area contributed by atoms with Crippen molar-refractivity contribution in [3.05, 3.63) is 36.7 Å². The highest BCUT2D eigenvalue weighted by atomic mass is 15.0. The van der Waals surface area contributed by atoms with Crippen LogP contribution in [-0.2, 0) is 0 Å². The lowest BCUT2D eigenvalue weighted by molar-refractivity contribution is 0.445. The first-order valence-corrected chi connectivity index (χ1v) is 7.23. The molecule has 0 bridgehead atoms. The van der Waals surface area contributed by atoms with Crippen LogP contribution in [-0.4, -0.2) is 38.0 Å². The van der Waals surface area contributed by atoms with Gasteiger partial charge in [0, 0.05) is 18.3 Å². The smallest absolute Gasteiger partial charge is 0.109 e. The number of nitrogens with zero attached hydrogens (tertiary/aromatic N) is 4. The molecule has 21 heavy (non-hydrogen) atoms. The Bertz CT molecular complexity index is 701. The van der Waals surface area contributed by atoms with Gasteiger partial charge < -0.3 is 10.3 Å². The van der Waals surface area contributed by atoms with Crippen LogP contribution in [0.1, 0.15) is 24.6 Å². The predicted molar refractivity (Wildman–Crippen MR) is 78.9 cm³/mol. The second-order valence-corrected chi connectivity index (χ2v) is 5.32.